The predicted octanol–water partition coefficient (Wildman–Crippen LogP) is 16.7. The zero-order chi connectivity index (χ0) is 46.5. The Kier molecular flexibility index (Phi) is 47.6. The van der Waals surface area contributed by atoms with Gasteiger partial charge in [-0.3, -0.25) is 14.4 Å². The fourth-order valence-corrected chi connectivity index (χ4v) is 6.21. The molecule has 0 aliphatic carbocycles. The lowest BCUT2D eigenvalue weighted by molar-refractivity contribution is -0.166. The Balaban J connectivity index is 4.63. The Morgan fingerprint density at radius 1 is 0.344 bits per heavy atom. The number of rotatable bonds is 43. The Labute approximate surface area is 392 Å². The van der Waals surface area contributed by atoms with E-state index < -0.39 is 12.1 Å². The van der Waals surface area contributed by atoms with Gasteiger partial charge in [0.15, 0.2) is 6.10 Å². The second-order valence-electron chi connectivity index (χ2n) is 16.0. The SMILES string of the molecule is CC\C=C/C=C\C=C/CCCCCCCC(=O)OCC(COC(=O)CCC/C=C\C/C=C\C/C=C\CCCCCCCC)OC(=O)CC/C=C\C/C=C\C/C=C\C/C=C\C/C=C\CC. The first kappa shape index (κ1) is 59.5. The van der Waals surface area contributed by atoms with Gasteiger partial charge in [-0.15, -0.1) is 0 Å². The van der Waals surface area contributed by atoms with Gasteiger partial charge in [-0.05, 0) is 103 Å². The highest BCUT2D eigenvalue weighted by atomic mass is 16.6. The number of carbonyl (C=O) groups is 3. The molecule has 0 aromatic carbocycles. The first-order chi connectivity index (χ1) is 31.5. The number of carbonyl (C=O) groups excluding carboxylic acids is 3. The number of allylic oxidation sites excluding steroid dienone is 22. The Morgan fingerprint density at radius 3 is 1.25 bits per heavy atom. The summed E-state index contributed by atoms with van der Waals surface area (Å²) in [6.07, 6.45) is 71.7. The summed E-state index contributed by atoms with van der Waals surface area (Å²) in [6, 6.07) is 0. The molecule has 0 aliphatic rings. The van der Waals surface area contributed by atoms with Gasteiger partial charge in [-0.2, -0.15) is 0 Å². The molecule has 0 saturated heterocycles. The molecule has 0 bridgehead atoms. The van der Waals surface area contributed by atoms with E-state index in [1.54, 1.807) is 0 Å². The monoisotopic (exact) mass is 883 g/mol. The van der Waals surface area contributed by atoms with E-state index in [4.69, 9.17) is 14.2 Å². The first-order valence-electron chi connectivity index (χ1n) is 25.2. The van der Waals surface area contributed by atoms with E-state index in [9.17, 15) is 14.4 Å². The Hall–Kier alpha value is -4.45. The fraction of sp³-hybridized carbons (Fsp3) is 0.569. The largest absolute Gasteiger partial charge is 0.462 e. The molecule has 0 spiro atoms. The highest BCUT2D eigenvalue weighted by molar-refractivity contribution is 5.71. The average Bonchev–Trinajstić information content (AvgIpc) is 3.29. The van der Waals surface area contributed by atoms with Gasteiger partial charge in [0.05, 0.1) is 0 Å². The molecule has 0 aliphatic heterocycles. The van der Waals surface area contributed by atoms with Crippen LogP contribution in [-0.4, -0.2) is 37.2 Å². The summed E-state index contributed by atoms with van der Waals surface area (Å²) in [5, 5.41) is 0. The molecule has 0 N–H and O–H groups in total. The van der Waals surface area contributed by atoms with E-state index in [0.717, 1.165) is 96.3 Å². The van der Waals surface area contributed by atoms with Gasteiger partial charge in [0.25, 0.3) is 0 Å². The molecular formula is C58H90O6. The first-order valence-corrected chi connectivity index (χ1v) is 25.2. The topological polar surface area (TPSA) is 78.9 Å². The summed E-state index contributed by atoms with van der Waals surface area (Å²) in [5.74, 6) is -1.11. The maximum Gasteiger partial charge on any atom is 0.306 e. The minimum atomic E-state index is -0.851. The highest BCUT2D eigenvalue weighted by Gasteiger charge is 2.19. The van der Waals surface area contributed by atoms with Crippen molar-refractivity contribution in [2.45, 2.75) is 200 Å². The molecule has 0 aromatic heterocycles. The van der Waals surface area contributed by atoms with Crippen molar-refractivity contribution in [1.29, 1.82) is 0 Å². The van der Waals surface area contributed by atoms with E-state index in [1.165, 1.54) is 44.9 Å². The summed E-state index contributed by atoms with van der Waals surface area (Å²) in [5.41, 5.74) is 0. The highest BCUT2D eigenvalue weighted by Crippen LogP contribution is 2.11. The minimum absolute atomic E-state index is 0.139. The predicted molar refractivity (Wildman–Crippen MR) is 274 cm³/mol. The van der Waals surface area contributed by atoms with Crippen LogP contribution in [0.15, 0.2) is 134 Å². The summed E-state index contributed by atoms with van der Waals surface area (Å²) in [7, 11) is 0. The van der Waals surface area contributed by atoms with E-state index >= 15 is 0 Å². The van der Waals surface area contributed by atoms with Gasteiger partial charge in [0.1, 0.15) is 13.2 Å². The van der Waals surface area contributed by atoms with Crippen LogP contribution in [0.3, 0.4) is 0 Å². The normalized spacial score (nSPS) is 13.2. The quantitative estimate of drug-likeness (QED) is 0.0200. The number of esters is 3. The maximum absolute atomic E-state index is 12.8. The molecular weight excluding hydrogens is 793 g/mol. The standard InChI is InChI=1S/C58H90O6/c1-4-7-10-13-16-19-22-25-27-29-31-33-36-39-42-45-48-51-57(60)63-54-55(53-62-56(59)50-47-44-41-38-35-32-24-21-18-15-12-9-6-3)64-58(61)52-49-46-43-40-37-34-30-28-26-23-20-17-14-11-8-5-2/h8-9,11-12,15,17-18,20-21,24-28,31,33-34,37,39,42-43,46,55H,4-7,10,13-14,16,19,22-23,29-30,32,35-36,38,40-41,44-45,47-54H2,1-3H3/b11-8-,12-9-,18-15-,20-17-,24-21-,27-25-,28-26-,33-31-,37-34-,42-39-,46-43-. The molecule has 6 heteroatoms. The molecule has 0 amide bonds. The van der Waals surface area contributed by atoms with E-state index in [2.05, 4.69) is 136 Å². The van der Waals surface area contributed by atoms with E-state index in [-0.39, 0.29) is 38.0 Å². The molecule has 64 heavy (non-hydrogen) atoms. The molecule has 0 saturated carbocycles. The summed E-state index contributed by atoms with van der Waals surface area (Å²) >= 11 is 0. The summed E-state index contributed by atoms with van der Waals surface area (Å²) < 4.78 is 16.6. The summed E-state index contributed by atoms with van der Waals surface area (Å²) in [4.78, 5) is 37.9. The second kappa shape index (κ2) is 51.2. The van der Waals surface area contributed by atoms with Crippen LogP contribution in [0.4, 0.5) is 0 Å². The average molecular weight is 883 g/mol. The van der Waals surface area contributed by atoms with Crippen LogP contribution >= 0.6 is 0 Å². The lowest BCUT2D eigenvalue weighted by Gasteiger charge is -2.18. The lowest BCUT2D eigenvalue weighted by Crippen LogP contribution is -2.30. The van der Waals surface area contributed by atoms with Gasteiger partial charge >= 0.3 is 17.9 Å². The van der Waals surface area contributed by atoms with E-state index in [0.29, 0.717) is 19.3 Å². The third-order valence-corrected chi connectivity index (χ3v) is 9.94. The Bertz CT molecular complexity index is 1430. The van der Waals surface area contributed by atoms with Crippen molar-refractivity contribution >= 4 is 17.9 Å². The molecule has 1 unspecified atom stereocenters. The zero-order valence-corrected chi connectivity index (χ0v) is 40.7. The molecule has 0 aromatic rings. The third-order valence-electron chi connectivity index (χ3n) is 9.94. The zero-order valence-electron chi connectivity index (χ0n) is 40.7. The van der Waals surface area contributed by atoms with Crippen LogP contribution in [0.5, 0.6) is 0 Å². The smallest absolute Gasteiger partial charge is 0.306 e. The number of unbranched alkanes of at least 4 members (excludes halogenated alkanes) is 12. The van der Waals surface area contributed by atoms with Gasteiger partial charge in [-0.25, -0.2) is 0 Å². The van der Waals surface area contributed by atoms with Crippen molar-refractivity contribution in [3.05, 3.63) is 134 Å². The van der Waals surface area contributed by atoms with Crippen molar-refractivity contribution in [1.82, 2.24) is 0 Å². The van der Waals surface area contributed by atoms with Gasteiger partial charge in [-0.1, -0.05) is 206 Å². The Morgan fingerprint density at radius 2 is 0.734 bits per heavy atom. The van der Waals surface area contributed by atoms with Gasteiger partial charge < -0.3 is 14.2 Å². The van der Waals surface area contributed by atoms with Gasteiger partial charge in [0, 0.05) is 19.3 Å². The van der Waals surface area contributed by atoms with Gasteiger partial charge in [0.2, 0.25) is 0 Å². The minimum Gasteiger partial charge on any atom is -0.462 e. The molecule has 0 rings (SSSR count). The van der Waals surface area contributed by atoms with Crippen molar-refractivity contribution in [3.63, 3.8) is 0 Å². The van der Waals surface area contributed by atoms with Crippen LogP contribution < -0.4 is 0 Å². The summed E-state index contributed by atoms with van der Waals surface area (Å²) in [6.45, 7) is 6.23. The van der Waals surface area contributed by atoms with Crippen molar-refractivity contribution < 1.29 is 28.6 Å². The maximum atomic E-state index is 12.8. The van der Waals surface area contributed by atoms with Crippen LogP contribution in [0.1, 0.15) is 194 Å². The third kappa shape index (κ3) is 48.6. The van der Waals surface area contributed by atoms with Crippen LogP contribution in [0.25, 0.3) is 0 Å². The van der Waals surface area contributed by atoms with Crippen molar-refractivity contribution in [2.75, 3.05) is 13.2 Å². The van der Waals surface area contributed by atoms with Crippen molar-refractivity contribution in [2.24, 2.45) is 0 Å². The number of ether oxygens (including phenoxy) is 3. The van der Waals surface area contributed by atoms with Crippen LogP contribution in [0.2, 0.25) is 0 Å². The molecule has 0 radical (unpaired) electrons. The van der Waals surface area contributed by atoms with Crippen molar-refractivity contribution in [3.8, 4) is 0 Å². The van der Waals surface area contributed by atoms with E-state index in [1.807, 2.05) is 18.2 Å². The number of hydrogen-bond acceptors (Lipinski definition) is 6. The van der Waals surface area contributed by atoms with Crippen LogP contribution in [-0.2, 0) is 28.6 Å². The molecule has 0 heterocycles. The van der Waals surface area contributed by atoms with Crippen LogP contribution in [0, 0.1) is 0 Å². The second-order valence-corrected chi connectivity index (χ2v) is 16.0. The molecule has 6 nitrogen and oxygen atoms in total. The molecule has 1 atom stereocenters. The molecule has 0 fully saturated rings. The molecule has 358 valence electrons. The number of hydrogen-bond donors (Lipinski definition) is 0. The lowest BCUT2D eigenvalue weighted by atomic mass is 10.1. The fourth-order valence-electron chi connectivity index (χ4n) is 6.21.